The molecule has 0 aliphatic rings. The minimum atomic E-state index is 0.183. The lowest BCUT2D eigenvalue weighted by molar-refractivity contribution is 0.528. The second-order valence-electron chi connectivity index (χ2n) is 3.76. The standard InChI is InChI=1S/C11H17N5/c1-3-16-6-4-5-10(16)7-12-9(2)11-13-8-14-15-11/h4-6,8-9,12H,3,7H2,1-2H3,(H,13,14,15). The molecule has 0 spiro atoms. The molecule has 0 amide bonds. The quantitative estimate of drug-likeness (QED) is 0.800. The van der Waals surface area contributed by atoms with Gasteiger partial charge in [-0.05, 0) is 26.0 Å². The molecule has 2 heterocycles. The molecule has 0 aromatic carbocycles. The van der Waals surface area contributed by atoms with Gasteiger partial charge in [0.1, 0.15) is 12.2 Å². The summed E-state index contributed by atoms with van der Waals surface area (Å²) in [6.45, 7) is 6.05. The zero-order valence-electron chi connectivity index (χ0n) is 9.64. The highest BCUT2D eigenvalue weighted by Gasteiger charge is 2.08. The largest absolute Gasteiger partial charge is 0.351 e. The van der Waals surface area contributed by atoms with Crippen LogP contribution in [0.25, 0.3) is 0 Å². The summed E-state index contributed by atoms with van der Waals surface area (Å²) in [6.07, 6.45) is 3.62. The van der Waals surface area contributed by atoms with Crippen LogP contribution in [0, 0.1) is 0 Å². The first-order valence-corrected chi connectivity index (χ1v) is 5.54. The Morgan fingerprint density at radius 2 is 2.44 bits per heavy atom. The normalized spacial score (nSPS) is 12.9. The Labute approximate surface area is 94.9 Å². The predicted octanol–water partition coefficient (Wildman–Crippen LogP) is 1.48. The summed E-state index contributed by atoms with van der Waals surface area (Å²) in [6, 6.07) is 4.38. The van der Waals surface area contributed by atoms with Gasteiger partial charge in [0, 0.05) is 25.0 Å². The fourth-order valence-electron chi connectivity index (χ4n) is 1.70. The zero-order chi connectivity index (χ0) is 11.4. The van der Waals surface area contributed by atoms with E-state index in [0.717, 1.165) is 18.9 Å². The Balaban J connectivity index is 1.92. The molecule has 16 heavy (non-hydrogen) atoms. The van der Waals surface area contributed by atoms with Crippen LogP contribution in [-0.2, 0) is 13.1 Å². The van der Waals surface area contributed by atoms with Crippen molar-refractivity contribution >= 4 is 0 Å². The van der Waals surface area contributed by atoms with Crippen molar-refractivity contribution in [3.63, 3.8) is 0 Å². The maximum absolute atomic E-state index is 4.12. The van der Waals surface area contributed by atoms with Crippen LogP contribution in [0.3, 0.4) is 0 Å². The fourth-order valence-corrected chi connectivity index (χ4v) is 1.70. The van der Waals surface area contributed by atoms with E-state index in [0.29, 0.717) is 0 Å². The number of hydrogen-bond donors (Lipinski definition) is 2. The molecule has 5 nitrogen and oxygen atoms in total. The van der Waals surface area contributed by atoms with Crippen LogP contribution in [-0.4, -0.2) is 19.7 Å². The second kappa shape index (κ2) is 4.94. The molecule has 0 radical (unpaired) electrons. The molecular weight excluding hydrogens is 202 g/mol. The topological polar surface area (TPSA) is 58.5 Å². The average molecular weight is 219 g/mol. The highest BCUT2D eigenvalue weighted by Crippen LogP contribution is 2.07. The molecule has 0 saturated carbocycles. The first-order chi connectivity index (χ1) is 7.81. The molecule has 5 heteroatoms. The molecular formula is C11H17N5. The Morgan fingerprint density at radius 1 is 1.56 bits per heavy atom. The van der Waals surface area contributed by atoms with E-state index in [1.807, 2.05) is 0 Å². The summed E-state index contributed by atoms with van der Waals surface area (Å²) in [5, 5.41) is 10.1. The SMILES string of the molecule is CCn1cccc1CNC(C)c1ncn[nH]1. The van der Waals surface area contributed by atoms with Crippen molar-refractivity contribution in [3.8, 4) is 0 Å². The number of aromatic nitrogens is 4. The predicted molar refractivity (Wildman–Crippen MR) is 61.7 cm³/mol. The molecule has 2 aromatic rings. The Bertz CT molecular complexity index is 417. The summed E-state index contributed by atoms with van der Waals surface area (Å²) < 4.78 is 2.22. The Kier molecular flexibility index (Phi) is 3.36. The third-order valence-corrected chi connectivity index (χ3v) is 2.70. The molecule has 1 unspecified atom stereocenters. The van der Waals surface area contributed by atoms with Gasteiger partial charge in [-0.1, -0.05) is 0 Å². The van der Waals surface area contributed by atoms with Crippen molar-refractivity contribution in [3.05, 3.63) is 36.2 Å². The molecule has 2 rings (SSSR count). The van der Waals surface area contributed by atoms with Crippen LogP contribution in [0.2, 0.25) is 0 Å². The summed E-state index contributed by atoms with van der Waals surface area (Å²) >= 11 is 0. The van der Waals surface area contributed by atoms with Gasteiger partial charge in [-0.25, -0.2) is 4.98 Å². The maximum Gasteiger partial charge on any atom is 0.141 e. The number of nitrogens with one attached hydrogen (secondary N) is 2. The third kappa shape index (κ3) is 2.30. The smallest absolute Gasteiger partial charge is 0.141 e. The van der Waals surface area contributed by atoms with Crippen LogP contribution in [0.5, 0.6) is 0 Å². The molecule has 0 bridgehead atoms. The first-order valence-electron chi connectivity index (χ1n) is 5.54. The summed E-state index contributed by atoms with van der Waals surface area (Å²) in [5.74, 6) is 0.870. The molecule has 0 saturated heterocycles. The summed E-state index contributed by atoms with van der Waals surface area (Å²) in [5.41, 5.74) is 1.29. The number of aromatic amines is 1. The monoisotopic (exact) mass is 219 g/mol. The average Bonchev–Trinajstić information content (AvgIpc) is 2.96. The molecule has 0 fully saturated rings. The van der Waals surface area contributed by atoms with Gasteiger partial charge in [-0.3, -0.25) is 5.10 Å². The van der Waals surface area contributed by atoms with Crippen molar-refractivity contribution in [1.82, 2.24) is 25.1 Å². The van der Waals surface area contributed by atoms with Gasteiger partial charge in [0.2, 0.25) is 0 Å². The van der Waals surface area contributed by atoms with Crippen LogP contribution >= 0.6 is 0 Å². The molecule has 0 aliphatic carbocycles. The van der Waals surface area contributed by atoms with E-state index in [9.17, 15) is 0 Å². The van der Waals surface area contributed by atoms with Gasteiger partial charge >= 0.3 is 0 Å². The Morgan fingerprint density at radius 3 is 3.12 bits per heavy atom. The van der Waals surface area contributed by atoms with Crippen molar-refractivity contribution < 1.29 is 0 Å². The highest BCUT2D eigenvalue weighted by molar-refractivity contribution is 5.07. The number of hydrogen-bond acceptors (Lipinski definition) is 3. The maximum atomic E-state index is 4.12. The molecule has 86 valence electrons. The minimum absolute atomic E-state index is 0.183. The van der Waals surface area contributed by atoms with Crippen molar-refractivity contribution in [2.75, 3.05) is 0 Å². The van der Waals surface area contributed by atoms with E-state index >= 15 is 0 Å². The van der Waals surface area contributed by atoms with E-state index in [-0.39, 0.29) is 6.04 Å². The van der Waals surface area contributed by atoms with Crippen LogP contribution in [0.1, 0.15) is 31.4 Å². The zero-order valence-corrected chi connectivity index (χ0v) is 9.64. The van der Waals surface area contributed by atoms with Gasteiger partial charge in [0.25, 0.3) is 0 Å². The summed E-state index contributed by atoms with van der Waals surface area (Å²) in [7, 11) is 0. The van der Waals surface area contributed by atoms with Crippen molar-refractivity contribution in [2.24, 2.45) is 0 Å². The number of aryl methyl sites for hydroxylation is 1. The van der Waals surface area contributed by atoms with Crippen LogP contribution in [0.15, 0.2) is 24.7 Å². The van der Waals surface area contributed by atoms with Crippen molar-refractivity contribution in [2.45, 2.75) is 33.0 Å². The third-order valence-electron chi connectivity index (χ3n) is 2.70. The lowest BCUT2D eigenvalue weighted by Crippen LogP contribution is -2.20. The highest BCUT2D eigenvalue weighted by atomic mass is 15.2. The molecule has 1 atom stereocenters. The van der Waals surface area contributed by atoms with E-state index in [2.05, 4.69) is 57.2 Å². The van der Waals surface area contributed by atoms with E-state index < -0.39 is 0 Å². The van der Waals surface area contributed by atoms with Crippen molar-refractivity contribution in [1.29, 1.82) is 0 Å². The minimum Gasteiger partial charge on any atom is -0.351 e. The van der Waals surface area contributed by atoms with Crippen LogP contribution < -0.4 is 5.32 Å². The van der Waals surface area contributed by atoms with Gasteiger partial charge in [-0.15, -0.1) is 0 Å². The fraction of sp³-hybridized carbons (Fsp3) is 0.455. The molecule has 0 aliphatic heterocycles. The van der Waals surface area contributed by atoms with Gasteiger partial charge < -0.3 is 9.88 Å². The Hall–Kier alpha value is -1.62. The molecule has 2 aromatic heterocycles. The van der Waals surface area contributed by atoms with E-state index in [1.165, 1.54) is 12.0 Å². The lowest BCUT2D eigenvalue weighted by Gasteiger charge is -2.12. The van der Waals surface area contributed by atoms with Gasteiger partial charge in [-0.2, -0.15) is 5.10 Å². The van der Waals surface area contributed by atoms with Gasteiger partial charge in [0.05, 0.1) is 6.04 Å². The van der Waals surface area contributed by atoms with Crippen LogP contribution in [0.4, 0.5) is 0 Å². The lowest BCUT2D eigenvalue weighted by atomic mass is 10.3. The molecule has 2 N–H and O–H groups in total. The number of rotatable bonds is 5. The summed E-state index contributed by atoms with van der Waals surface area (Å²) in [4.78, 5) is 4.12. The van der Waals surface area contributed by atoms with E-state index in [1.54, 1.807) is 0 Å². The first kappa shape index (κ1) is 10.9. The van der Waals surface area contributed by atoms with E-state index in [4.69, 9.17) is 0 Å². The number of H-pyrrole nitrogens is 1. The number of nitrogens with zero attached hydrogens (tertiary/aromatic N) is 3. The van der Waals surface area contributed by atoms with Gasteiger partial charge in [0.15, 0.2) is 0 Å². The second-order valence-corrected chi connectivity index (χ2v) is 3.76.